The van der Waals surface area contributed by atoms with Crippen LogP contribution in [-0.4, -0.2) is 30.9 Å². The lowest BCUT2D eigenvalue weighted by Gasteiger charge is -2.33. The summed E-state index contributed by atoms with van der Waals surface area (Å²) in [5.41, 5.74) is 6.01. The van der Waals surface area contributed by atoms with E-state index in [9.17, 15) is 9.59 Å². The molecule has 0 aromatic carbocycles. The van der Waals surface area contributed by atoms with Gasteiger partial charge >= 0.3 is 0 Å². The molecular weight excluding hydrogens is 242 g/mol. The van der Waals surface area contributed by atoms with Crippen molar-refractivity contribution in [3.63, 3.8) is 0 Å². The standard InChI is InChI=1S/C14H27N3O2/c1-9(2)7-16-12(18)8-17-14(19)13-10(3)5-4-6-11(13)15/h9-11,13H,4-8,15H2,1-3H3,(H,16,18)(H,17,19). The lowest BCUT2D eigenvalue weighted by molar-refractivity contribution is -0.131. The summed E-state index contributed by atoms with van der Waals surface area (Å²) in [4.78, 5) is 23.6. The number of nitrogens with one attached hydrogen (secondary N) is 2. The van der Waals surface area contributed by atoms with E-state index >= 15 is 0 Å². The zero-order valence-electron chi connectivity index (χ0n) is 12.2. The lowest BCUT2D eigenvalue weighted by Crippen LogP contribution is -2.49. The molecule has 0 spiro atoms. The highest BCUT2D eigenvalue weighted by Crippen LogP contribution is 2.28. The Labute approximate surface area is 115 Å². The van der Waals surface area contributed by atoms with Gasteiger partial charge in [-0.1, -0.05) is 27.2 Å². The van der Waals surface area contributed by atoms with Crippen LogP contribution in [0.2, 0.25) is 0 Å². The van der Waals surface area contributed by atoms with Crippen LogP contribution in [-0.2, 0) is 9.59 Å². The van der Waals surface area contributed by atoms with E-state index in [0.29, 0.717) is 18.4 Å². The summed E-state index contributed by atoms with van der Waals surface area (Å²) in [6.07, 6.45) is 3.01. The molecule has 1 aliphatic carbocycles. The van der Waals surface area contributed by atoms with Gasteiger partial charge in [0.05, 0.1) is 12.5 Å². The minimum absolute atomic E-state index is 0.0431. The molecule has 5 heteroatoms. The van der Waals surface area contributed by atoms with Gasteiger partial charge < -0.3 is 16.4 Å². The van der Waals surface area contributed by atoms with Crippen LogP contribution in [0.15, 0.2) is 0 Å². The van der Waals surface area contributed by atoms with E-state index in [1.54, 1.807) is 0 Å². The van der Waals surface area contributed by atoms with Crippen LogP contribution in [0.25, 0.3) is 0 Å². The lowest BCUT2D eigenvalue weighted by atomic mass is 9.76. The molecule has 0 bridgehead atoms. The molecule has 1 fully saturated rings. The number of carbonyl (C=O) groups is 2. The van der Waals surface area contributed by atoms with Crippen molar-refractivity contribution in [2.75, 3.05) is 13.1 Å². The number of hydrogen-bond donors (Lipinski definition) is 3. The summed E-state index contributed by atoms with van der Waals surface area (Å²) in [6, 6.07) is -0.0810. The summed E-state index contributed by atoms with van der Waals surface area (Å²) < 4.78 is 0. The number of amides is 2. The van der Waals surface area contributed by atoms with Crippen LogP contribution in [0, 0.1) is 17.8 Å². The Morgan fingerprint density at radius 2 is 1.95 bits per heavy atom. The molecule has 3 atom stereocenters. The maximum atomic E-state index is 12.1. The van der Waals surface area contributed by atoms with Gasteiger partial charge in [0.25, 0.3) is 0 Å². The molecule has 0 aliphatic heterocycles. The monoisotopic (exact) mass is 269 g/mol. The first-order valence-electron chi connectivity index (χ1n) is 7.21. The molecule has 1 rings (SSSR count). The number of rotatable bonds is 5. The van der Waals surface area contributed by atoms with E-state index in [1.165, 1.54) is 0 Å². The molecular formula is C14H27N3O2. The summed E-state index contributed by atoms with van der Waals surface area (Å²) in [7, 11) is 0. The van der Waals surface area contributed by atoms with Crippen molar-refractivity contribution in [1.82, 2.24) is 10.6 Å². The van der Waals surface area contributed by atoms with Crippen LogP contribution in [0.1, 0.15) is 40.0 Å². The second kappa shape index (κ2) is 7.48. The van der Waals surface area contributed by atoms with E-state index < -0.39 is 0 Å². The van der Waals surface area contributed by atoms with Crippen molar-refractivity contribution in [3.05, 3.63) is 0 Å². The van der Waals surface area contributed by atoms with Crippen LogP contribution >= 0.6 is 0 Å². The fourth-order valence-electron chi connectivity index (χ4n) is 2.58. The van der Waals surface area contributed by atoms with Gasteiger partial charge in [0.15, 0.2) is 0 Å². The fraction of sp³-hybridized carbons (Fsp3) is 0.857. The normalized spacial score (nSPS) is 27.1. The van der Waals surface area contributed by atoms with Crippen molar-refractivity contribution >= 4 is 11.8 Å². The van der Waals surface area contributed by atoms with Crippen LogP contribution in [0.3, 0.4) is 0 Å². The van der Waals surface area contributed by atoms with E-state index in [0.717, 1.165) is 19.3 Å². The first kappa shape index (κ1) is 16.0. The maximum absolute atomic E-state index is 12.1. The van der Waals surface area contributed by atoms with Crippen molar-refractivity contribution in [1.29, 1.82) is 0 Å². The zero-order valence-corrected chi connectivity index (χ0v) is 12.2. The van der Waals surface area contributed by atoms with Crippen molar-refractivity contribution in [2.45, 2.75) is 46.1 Å². The van der Waals surface area contributed by atoms with Gasteiger partial charge in [-0.15, -0.1) is 0 Å². The molecule has 2 amide bonds. The Bertz CT molecular complexity index is 308. The summed E-state index contributed by atoms with van der Waals surface area (Å²) in [6.45, 7) is 6.79. The molecule has 4 N–H and O–H groups in total. The molecule has 1 saturated carbocycles. The Hall–Kier alpha value is -1.10. The average molecular weight is 269 g/mol. The first-order valence-corrected chi connectivity index (χ1v) is 7.21. The van der Waals surface area contributed by atoms with Crippen LogP contribution in [0.4, 0.5) is 0 Å². The molecule has 0 aromatic heterocycles. The minimum atomic E-state index is -0.161. The first-order chi connectivity index (χ1) is 8.91. The molecule has 0 saturated heterocycles. The summed E-state index contributed by atoms with van der Waals surface area (Å²) >= 11 is 0. The third kappa shape index (κ3) is 5.19. The summed E-state index contributed by atoms with van der Waals surface area (Å²) in [5, 5.41) is 5.48. The van der Waals surface area contributed by atoms with E-state index in [2.05, 4.69) is 17.6 Å². The molecule has 1 aliphatic rings. The van der Waals surface area contributed by atoms with Gasteiger partial charge in [0, 0.05) is 12.6 Å². The van der Waals surface area contributed by atoms with E-state index in [-0.39, 0.29) is 30.3 Å². The van der Waals surface area contributed by atoms with Gasteiger partial charge in [-0.2, -0.15) is 0 Å². The topological polar surface area (TPSA) is 84.2 Å². The minimum Gasteiger partial charge on any atom is -0.354 e. The Morgan fingerprint density at radius 3 is 2.53 bits per heavy atom. The van der Waals surface area contributed by atoms with Gasteiger partial charge in [-0.3, -0.25) is 9.59 Å². The van der Waals surface area contributed by atoms with Gasteiger partial charge in [-0.05, 0) is 24.7 Å². The van der Waals surface area contributed by atoms with Crippen molar-refractivity contribution in [3.8, 4) is 0 Å². The van der Waals surface area contributed by atoms with E-state index in [4.69, 9.17) is 5.73 Å². The third-order valence-electron chi connectivity index (χ3n) is 3.70. The van der Waals surface area contributed by atoms with Crippen LogP contribution < -0.4 is 16.4 Å². The molecule has 0 aromatic rings. The molecule has 0 heterocycles. The highest BCUT2D eigenvalue weighted by molar-refractivity contribution is 5.86. The zero-order chi connectivity index (χ0) is 14.4. The fourth-order valence-corrected chi connectivity index (χ4v) is 2.58. The highest BCUT2D eigenvalue weighted by atomic mass is 16.2. The second-order valence-corrected chi connectivity index (χ2v) is 6.01. The maximum Gasteiger partial charge on any atom is 0.239 e. The molecule has 0 radical (unpaired) electrons. The summed E-state index contributed by atoms with van der Waals surface area (Å²) in [5.74, 6) is 0.319. The Kier molecular flexibility index (Phi) is 6.28. The quantitative estimate of drug-likeness (QED) is 0.684. The smallest absolute Gasteiger partial charge is 0.239 e. The van der Waals surface area contributed by atoms with Gasteiger partial charge in [0.2, 0.25) is 11.8 Å². The number of carbonyl (C=O) groups excluding carboxylic acids is 2. The predicted octanol–water partition coefficient (Wildman–Crippen LogP) is 0.638. The number of hydrogen-bond acceptors (Lipinski definition) is 3. The second-order valence-electron chi connectivity index (χ2n) is 6.01. The van der Waals surface area contributed by atoms with Crippen molar-refractivity contribution < 1.29 is 9.59 Å². The Morgan fingerprint density at radius 1 is 1.26 bits per heavy atom. The highest BCUT2D eigenvalue weighted by Gasteiger charge is 2.33. The third-order valence-corrected chi connectivity index (χ3v) is 3.70. The number of nitrogens with two attached hydrogens (primary N) is 1. The van der Waals surface area contributed by atoms with Gasteiger partial charge in [0.1, 0.15) is 0 Å². The SMILES string of the molecule is CC(C)CNC(=O)CNC(=O)C1C(C)CCCC1N. The van der Waals surface area contributed by atoms with Crippen LogP contribution in [0.5, 0.6) is 0 Å². The molecule has 110 valence electrons. The van der Waals surface area contributed by atoms with E-state index in [1.807, 2.05) is 13.8 Å². The van der Waals surface area contributed by atoms with Crippen molar-refractivity contribution in [2.24, 2.45) is 23.5 Å². The van der Waals surface area contributed by atoms with Gasteiger partial charge in [-0.25, -0.2) is 0 Å². The average Bonchev–Trinajstić information content (AvgIpc) is 2.33. The Balaban J connectivity index is 2.35. The largest absolute Gasteiger partial charge is 0.354 e. The predicted molar refractivity (Wildman–Crippen MR) is 75.3 cm³/mol. The molecule has 3 unspecified atom stereocenters. The molecule has 19 heavy (non-hydrogen) atoms. The molecule has 5 nitrogen and oxygen atoms in total.